The van der Waals surface area contributed by atoms with Crippen LogP contribution in [-0.4, -0.2) is 34.3 Å². The Hall–Kier alpha value is -3.39. The van der Waals surface area contributed by atoms with Crippen molar-refractivity contribution in [2.75, 3.05) is 29.0 Å². The second kappa shape index (κ2) is 9.35. The Labute approximate surface area is 161 Å². The Morgan fingerprint density at radius 3 is 2.37 bits per heavy atom. The van der Waals surface area contributed by atoms with Gasteiger partial charge in [-0.25, -0.2) is 9.78 Å². The van der Waals surface area contributed by atoms with Gasteiger partial charge in [-0.15, -0.1) is 10.2 Å². The van der Waals surface area contributed by atoms with Gasteiger partial charge in [0.15, 0.2) is 5.82 Å². The third-order valence-electron chi connectivity index (χ3n) is 3.40. The lowest BCUT2D eigenvalue weighted by Crippen LogP contribution is -2.32. The van der Waals surface area contributed by atoms with Crippen LogP contribution in [0.25, 0.3) is 0 Å². The van der Waals surface area contributed by atoms with Crippen LogP contribution < -0.4 is 21.3 Å². The van der Waals surface area contributed by atoms with Crippen molar-refractivity contribution in [1.82, 2.24) is 20.5 Å². The molecule has 0 atom stereocenters. The van der Waals surface area contributed by atoms with Crippen LogP contribution in [0.1, 0.15) is 0 Å². The minimum absolute atomic E-state index is 0.292. The van der Waals surface area contributed by atoms with Gasteiger partial charge in [0.2, 0.25) is 0 Å². The first-order valence-electron chi connectivity index (χ1n) is 8.25. The van der Waals surface area contributed by atoms with Gasteiger partial charge in [-0.1, -0.05) is 17.7 Å². The number of aromatic nitrogens is 3. The Balaban J connectivity index is 1.37. The number of amides is 2. The van der Waals surface area contributed by atoms with Gasteiger partial charge in [0.25, 0.3) is 0 Å². The van der Waals surface area contributed by atoms with Gasteiger partial charge in [0.05, 0.1) is 0 Å². The van der Waals surface area contributed by atoms with Gasteiger partial charge in [-0.2, -0.15) is 0 Å². The van der Waals surface area contributed by atoms with Crippen LogP contribution in [0.4, 0.5) is 27.9 Å². The molecule has 0 saturated carbocycles. The fraction of sp³-hybridized carbons (Fsp3) is 0.111. The number of nitrogens with zero attached hydrogens (tertiary/aromatic N) is 3. The van der Waals surface area contributed by atoms with Crippen LogP contribution in [0.2, 0.25) is 5.02 Å². The number of pyridine rings is 1. The summed E-state index contributed by atoms with van der Waals surface area (Å²) in [4.78, 5) is 16.0. The monoisotopic (exact) mass is 383 g/mol. The molecule has 2 amide bonds. The van der Waals surface area contributed by atoms with Gasteiger partial charge in [0.1, 0.15) is 11.6 Å². The van der Waals surface area contributed by atoms with E-state index in [0.717, 1.165) is 0 Å². The fourth-order valence-electron chi connectivity index (χ4n) is 2.14. The first kappa shape index (κ1) is 18.4. The third-order valence-corrected chi connectivity index (χ3v) is 3.66. The van der Waals surface area contributed by atoms with E-state index in [1.165, 1.54) is 0 Å². The molecule has 2 aromatic heterocycles. The number of rotatable bonds is 7. The number of urea groups is 1. The largest absolute Gasteiger partial charge is 0.367 e. The second-order valence-electron chi connectivity index (χ2n) is 5.46. The maximum absolute atomic E-state index is 11.8. The molecule has 0 bridgehead atoms. The van der Waals surface area contributed by atoms with Crippen molar-refractivity contribution in [2.45, 2.75) is 0 Å². The molecule has 0 fully saturated rings. The number of hydrogen-bond acceptors (Lipinski definition) is 6. The molecular weight excluding hydrogens is 366 g/mol. The average molecular weight is 384 g/mol. The topological polar surface area (TPSA) is 104 Å². The second-order valence-corrected chi connectivity index (χ2v) is 5.89. The quantitative estimate of drug-likeness (QED) is 0.465. The molecule has 0 unspecified atom stereocenters. The first-order valence-corrected chi connectivity index (χ1v) is 8.63. The number of nitrogens with one attached hydrogen (secondary N) is 4. The lowest BCUT2D eigenvalue weighted by atomic mass is 10.3. The summed E-state index contributed by atoms with van der Waals surface area (Å²) in [6.07, 6.45) is 1.70. The Morgan fingerprint density at radius 2 is 1.67 bits per heavy atom. The molecule has 2 heterocycles. The summed E-state index contributed by atoms with van der Waals surface area (Å²) >= 11 is 5.80. The van der Waals surface area contributed by atoms with E-state index in [0.29, 0.717) is 41.3 Å². The zero-order valence-corrected chi connectivity index (χ0v) is 15.1. The fourth-order valence-corrected chi connectivity index (χ4v) is 2.26. The summed E-state index contributed by atoms with van der Waals surface area (Å²) in [5.41, 5.74) is 0.673. The van der Waals surface area contributed by atoms with Gasteiger partial charge < -0.3 is 21.3 Å². The number of halogens is 1. The molecule has 0 saturated heterocycles. The zero-order chi connectivity index (χ0) is 18.9. The Morgan fingerprint density at radius 1 is 0.889 bits per heavy atom. The van der Waals surface area contributed by atoms with Crippen LogP contribution in [0.3, 0.4) is 0 Å². The highest BCUT2D eigenvalue weighted by Crippen LogP contribution is 2.13. The van der Waals surface area contributed by atoms with Crippen molar-refractivity contribution >= 4 is 40.8 Å². The molecule has 3 aromatic rings. The summed E-state index contributed by atoms with van der Waals surface area (Å²) in [6, 6.07) is 15.8. The molecule has 9 heteroatoms. The van der Waals surface area contributed by atoms with E-state index in [1.54, 1.807) is 42.6 Å². The molecule has 0 radical (unpaired) electrons. The number of hydrogen-bond donors (Lipinski definition) is 4. The highest BCUT2D eigenvalue weighted by molar-refractivity contribution is 6.30. The zero-order valence-electron chi connectivity index (χ0n) is 14.3. The van der Waals surface area contributed by atoms with Crippen LogP contribution in [0.5, 0.6) is 0 Å². The third kappa shape index (κ3) is 6.12. The Bertz CT molecular complexity index is 857. The van der Waals surface area contributed by atoms with E-state index in [1.807, 2.05) is 18.2 Å². The number of anilines is 4. The predicted octanol–water partition coefficient (Wildman–Crippen LogP) is 3.50. The molecule has 27 heavy (non-hydrogen) atoms. The normalized spacial score (nSPS) is 10.1. The number of carbonyl (C=O) groups excluding carboxylic acids is 1. The summed E-state index contributed by atoms with van der Waals surface area (Å²) in [6.45, 7) is 0.935. The summed E-state index contributed by atoms with van der Waals surface area (Å²) in [5.74, 6) is 1.91. The molecular formula is C18H18ClN7O. The minimum Gasteiger partial charge on any atom is -0.367 e. The lowest BCUT2D eigenvalue weighted by Gasteiger charge is -2.09. The molecule has 0 aliphatic carbocycles. The number of carbonyl (C=O) groups is 1. The van der Waals surface area contributed by atoms with Crippen molar-refractivity contribution in [3.8, 4) is 0 Å². The minimum atomic E-state index is -0.292. The van der Waals surface area contributed by atoms with E-state index in [4.69, 9.17) is 11.6 Å². The van der Waals surface area contributed by atoms with E-state index >= 15 is 0 Å². The van der Waals surface area contributed by atoms with E-state index in [2.05, 4.69) is 36.4 Å². The van der Waals surface area contributed by atoms with Gasteiger partial charge in [0, 0.05) is 30.0 Å². The molecule has 8 nitrogen and oxygen atoms in total. The van der Waals surface area contributed by atoms with Crippen LogP contribution in [0.15, 0.2) is 60.8 Å². The van der Waals surface area contributed by atoms with E-state index in [9.17, 15) is 4.79 Å². The SMILES string of the molecule is O=C(NCCNc1ccc(Nc2ccccn2)nn1)Nc1ccc(Cl)cc1. The summed E-state index contributed by atoms with van der Waals surface area (Å²) in [7, 11) is 0. The Kier molecular flexibility index (Phi) is 6.37. The van der Waals surface area contributed by atoms with E-state index in [-0.39, 0.29) is 6.03 Å². The van der Waals surface area contributed by atoms with Gasteiger partial charge in [-0.05, 0) is 48.5 Å². The average Bonchev–Trinajstić information content (AvgIpc) is 2.69. The smallest absolute Gasteiger partial charge is 0.319 e. The maximum Gasteiger partial charge on any atom is 0.319 e. The molecule has 1 aromatic carbocycles. The standard InChI is InChI=1S/C18H18ClN7O/c19-13-4-6-14(7-5-13)23-18(27)22-12-11-21-16-8-9-17(26-25-16)24-15-3-1-2-10-20-15/h1-10H,11-12H2,(H,21,25)(H,20,24,26)(H2,22,23,27). The highest BCUT2D eigenvalue weighted by atomic mass is 35.5. The van der Waals surface area contributed by atoms with Gasteiger partial charge >= 0.3 is 6.03 Å². The van der Waals surface area contributed by atoms with Crippen LogP contribution in [0, 0.1) is 0 Å². The van der Waals surface area contributed by atoms with Crippen LogP contribution in [-0.2, 0) is 0 Å². The summed E-state index contributed by atoms with van der Waals surface area (Å²) in [5, 5.41) is 20.4. The van der Waals surface area contributed by atoms with Crippen molar-refractivity contribution in [1.29, 1.82) is 0 Å². The highest BCUT2D eigenvalue weighted by Gasteiger charge is 2.02. The van der Waals surface area contributed by atoms with Crippen molar-refractivity contribution in [2.24, 2.45) is 0 Å². The first-order chi connectivity index (χ1) is 13.2. The molecule has 0 spiro atoms. The van der Waals surface area contributed by atoms with Crippen molar-refractivity contribution < 1.29 is 4.79 Å². The molecule has 138 valence electrons. The van der Waals surface area contributed by atoms with E-state index < -0.39 is 0 Å². The van der Waals surface area contributed by atoms with Crippen molar-refractivity contribution in [3.63, 3.8) is 0 Å². The molecule has 0 aliphatic rings. The van der Waals surface area contributed by atoms with Crippen molar-refractivity contribution in [3.05, 3.63) is 65.8 Å². The molecule has 3 rings (SSSR count). The predicted molar refractivity (Wildman–Crippen MR) is 107 cm³/mol. The number of benzene rings is 1. The molecule has 0 aliphatic heterocycles. The van der Waals surface area contributed by atoms with Crippen LogP contribution >= 0.6 is 11.6 Å². The molecule has 4 N–H and O–H groups in total. The maximum atomic E-state index is 11.8. The summed E-state index contributed by atoms with van der Waals surface area (Å²) < 4.78 is 0. The lowest BCUT2D eigenvalue weighted by molar-refractivity contribution is 0.252. The van der Waals surface area contributed by atoms with Gasteiger partial charge in [-0.3, -0.25) is 0 Å².